The van der Waals surface area contributed by atoms with Gasteiger partial charge in [0, 0.05) is 24.7 Å². The van der Waals surface area contributed by atoms with E-state index in [-0.39, 0.29) is 0 Å². The minimum Gasteiger partial charge on any atom is -0.486 e. The second-order valence-corrected chi connectivity index (χ2v) is 4.67. The predicted octanol–water partition coefficient (Wildman–Crippen LogP) is 1.27. The molecule has 1 unspecified atom stereocenters. The van der Waals surface area contributed by atoms with E-state index in [1.54, 1.807) is 0 Å². The highest BCUT2D eigenvalue weighted by Crippen LogP contribution is 2.39. The normalized spacial score (nSPS) is 22.9. The SMILES string of the molecule is CC1COCCN1c1cc2c(cc1N)OCCO2. The number of anilines is 2. The minimum atomic E-state index is 0.323. The third-order valence-corrected chi connectivity index (χ3v) is 3.37. The van der Waals surface area contributed by atoms with Crippen LogP contribution >= 0.6 is 0 Å². The lowest BCUT2D eigenvalue weighted by molar-refractivity contribution is 0.0989. The highest BCUT2D eigenvalue weighted by Gasteiger charge is 2.23. The number of nitrogens with zero attached hydrogens (tertiary/aromatic N) is 1. The van der Waals surface area contributed by atoms with Crippen LogP contribution in [0, 0.1) is 0 Å². The summed E-state index contributed by atoms with van der Waals surface area (Å²) in [6.45, 7) is 5.63. The first kappa shape index (κ1) is 11.5. The van der Waals surface area contributed by atoms with E-state index in [9.17, 15) is 0 Å². The molecule has 2 N–H and O–H groups in total. The molecule has 0 aromatic heterocycles. The highest BCUT2D eigenvalue weighted by molar-refractivity contribution is 5.73. The molecular weight excluding hydrogens is 232 g/mol. The van der Waals surface area contributed by atoms with Gasteiger partial charge in [-0.2, -0.15) is 0 Å². The molecule has 5 nitrogen and oxygen atoms in total. The average molecular weight is 250 g/mol. The zero-order valence-corrected chi connectivity index (χ0v) is 10.5. The van der Waals surface area contributed by atoms with Gasteiger partial charge in [0.1, 0.15) is 13.2 Å². The minimum absolute atomic E-state index is 0.323. The molecule has 0 spiro atoms. The van der Waals surface area contributed by atoms with Crippen molar-refractivity contribution >= 4 is 11.4 Å². The maximum Gasteiger partial charge on any atom is 0.163 e. The van der Waals surface area contributed by atoms with Gasteiger partial charge >= 0.3 is 0 Å². The molecule has 2 aliphatic heterocycles. The van der Waals surface area contributed by atoms with Gasteiger partial charge in [-0.3, -0.25) is 0 Å². The van der Waals surface area contributed by atoms with Crippen molar-refractivity contribution in [2.45, 2.75) is 13.0 Å². The molecule has 1 atom stereocenters. The number of hydrogen-bond donors (Lipinski definition) is 1. The van der Waals surface area contributed by atoms with Crippen molar-refractivity contribution in [1.29, 1.82) is 0 Å². The van der Waals surface area contributed by atoms with Gasteiger partial charge in [-0.15, -0.1) is 0 Å². The highest BCUT2D eigenvalue weighted by atomic mass is 16.6. The molecule has 3 rings (SSSR count). The molecule has 1 aromatic rings. The molecule has 1 aromatic carbocycles. The lowest BCUT2D eigenvalue weighted by Crippen LogP contribution is -2.44. The Labute approximate surface area is 106 Å². The number of rotatable bonds is 1. The van der Waals surface area contributed by atoms with Crippen molar-refractivity contribution in [3.63, 3.8) is 0 Å². The average Bonchev–Trinajstić information content (AvgIpc) is 2.39. The van der Waals surface area contributed by atoms with Gasteiger partial charge in [-0.1, -0.05) is 0 Å². The Bertz CT molecular complexity index is 450. The molecule has 0 saturated carbocycles. The van der Waals surface area contributed by atoms with E-state index in [0.717, 1.165) is 42.6 Å². The largest absolute Gasteiger partial charge is 0.486 e. The second-order valence-electron chi connectivity index (χ2n) is 4.67. The summed E-state index contributed by atoms with van der Waals surface area (Å²) in [5, 5.41) is 0. The lowest BCUT2D eigenvalue weighted by Gasteiger charge is -2.36. The number of fused-ring (bicyclic) bond motifs is 1. The van der Waals surface area contributed by atoms with Gasteiger partial charge in [-0.05, 0) is 6.92 Å². The molecule has 1 saturated heterocycles. The summed E-state index contributed by atoms with van der Waals surface area (Å²) in [7, 11) is 0. The number of morpholine rings is 1. The van der Waals surface area contributed by atoms with Crippen molar-refractivity contribution in [3.8, 4) is 11.5 Å². The number of hydrogen-bond acceptors (Lipinski definition) is 5. The summed E-state index contributed by atoms with van der Waals surface area (Å²) in [6.07, 6.45) is 0. The summed E-state index contributed by atoms with van der Waals surface area (Å²) in [5.74, 6) is 1.52. The van der Waals surface area contributed by atoms with Crippen LogP contribution in [0.1, 0.15) is 6.92 Å². The van der Waals surface area contributed by atoms with Gasteiger partial charge in [-0.25, -0.2) is 0 Å². The monoisotopic (exact) mass is 250 g/mol. The topological polar surface area (TPSA) is 57.0 Å². The third-order valence-electron chi connectivity index (χ3n) is 3.37. The summed E-state index contributed by atoms with van der Waals surface area (Å²) in [6, 6.07) is 4.15. The molecule has 0 aliphatic carbocycles. The van der Waals surface area contributed by atoms with E-state index in [2.05, 4.69) is 11.8 Å². The van der Waals surface area contributed by atoms with Crippen molar-refractivity contribution < 1.29 is 14.2 Å². The molecule has 98 valence electrons. The molecule has 2 aliphatic rings. The van der Waals surface area contributed by atoms with Crippen molar-refractivity contribution in [2.24, 2.45) is 0 Å². The molecule has 1 fully saturated rings. The van der Waals surface area contributed by atoms with Crippen LogP contribution in [0.2, 0.25) is 0 Å². The van der Waals surface area contributed by atoms with Gasteiger partial charge in [0.25, 0.3) is 0 Å². The molecule has 5 heteroatoms. The van der Waals surface area contributed by atoms with Gasteiger partial charge in [0.15, 0.2) is 11.5 Å². The van der Waals surface area contributed by atoms with E-state index in [0.29, 0.717) is 19.3 Å². The van der Waals surface area contributed by atoms with Crippen LogP contribution in [0.4, 0.5) is 11.4 Å². The fourth-order valence-corrected chi connectivity index (χ4v) is 2.43. The lowest BCUT2D eigenvalue weighted by atomic mass is 10.1. The first-order chi connectivity index (χ1) is 8.75. The van der Waals surface area contributed by atoms with E-state index >= 15 is 0 Å². The van der Waals surface area contributed by atoms with Crippen molar-refractivity contribution in [3.05, 3.63) is 12.1 Å². The maximum absolute atomic E-state index is 6.12. The summed E-state index contributed by atoms with van der Waals surface area (Å²) < 4.78 is 16.6. The zero-order chi connectivity index (χ0) is 12.5. The number of nitrogen functional groups attached to an aromatic ring is 1. The number of ether oxygens (including phenoxy) is 3. The van der Waals surface area contributed by atoms with Crippen LogP contribution in [0.5, 0.6) is 11.5 Å². The van der Waals surface area contributed by atoms with Crippen LogP contribution in [-0.4, -0.2) is 39.0 Å². The van der Waals surface area contributed by atoms with Crippen LogP contribution in [0.15, 0.2) is 12.1 Å². The van der Waals surface area contributed by atoms with Crippen LogP contribution < -0.4 is 20.1 Å². The number of benzene rings is 1. The first-order valence-electron chi connectivity index (χ1n) is 6.29. The fourth-order valence-electron chi connectivity index (χ4n) is 2.43. The summed E-state index contributed by atoms with van der Waals surface area (Å²) >= 11 is 0. The Kier molecular flexibility index (Phi) is 2.91. The summed E-state index contributed by atoms with van der Waals surface area (Å²) in [5.41, 5.74) is 7.86. The van der Waals surface area contributed by atoms with Crippen LogP contribution in [0.25, 0.3) is 0 Å². The Morgan fingerprint density at radius 2 is 1.89 bits per heavy atom. The second kappa shape index (κ2) is 4.57. The maximum atomic E-state index is 6.12. The van der Waals surface area contributed by atoms with Crippen LogP contribution in [0.3, 0.4) is 0 Å². The predicted molar refractivity (Wildman–Crippen MR) is 69.5 cm³/mol. The first-order valence-corrected chi connectivity index (χ1v) is 6.29. The van der Waals surface area contributed by atoms with Crippen LogP contribution in [-0.2, 0) is 4.74 Å². The Hall–Kier alpha value is -1.62. The molecular formula is C13H18N2O3. The Morgan fingerprint density at radius 3 is 2.61 bits per heavy atom. The molecule has 0 amide bonds. The molecule has 2 heterocycles. The molecule has 0 bridgehead atoms. The molecule has 18 heavy (non-hydrogen) atoms. The van der Waals surface area contributed by atoms with Crippen molar-refractivity contribution in [1.82, 2.24) is 0 Å². The molecule has 0 radical (unpaired) electrons. The van der Waals surface area contributed by atoms with E-state index < -0.39 is 0 Å². The van der Waals surface area contributed by atoms with E-state index in [4.69, 9.17) is 19.9 Å². The van der Waals surface area contributed by atoms with Crippen molar-refractivity contribution in [2.75, 3.05) is 43.6 Å². The quantitative estimate of drug-likeness (QED) is 0.761. The van der Waals surface area contributed by atoms with Gasteiger partial charge in [0.05, 0.1) is 24.6 Å². The van der Waals surface area contributed by atoms with E-state index in [1.165, 1.54) is 0 Å². The third kappa shape index (κ3) is 1.95. The standard InChI is InChI=1S/C13H18N2O3/c1-9-8-16-3-2-15(9)11-7-13-12(6-10(11)14)17-4-5-18-13/h6-7,9H,2-5,8,14H2,1H3. The van der Waals surface area contributed by atoms with Gasteiger partial charge in [0.2, 0.25) is 0 Å². The fraction of sp³-hybridized carbons (Fsp3) is 0.538. The zero-order valence-electron chi connectivity index (χ0n) is 10.5. The van der Waals surface area contributed by atoms with E-state index in [1.807, 2.05) is 12.1 Å². The summed E-state index contributed by atoms with van der Waals surface area (Å²) in [4.78, 5) is 2.26. The van der Waals surface area contributed by atoms with Gasteiger partial charge < -0.3 is 24.8 Å². The Morgan fingerprint density at radius 1 is 1.17 bits per heavy atom. The smallest absolute Gasteiger partial charge is 0.163 e. The Balaban J connectivity index is 1.95. The number of nitrogens with two attached hydrogens (primary N) is 1.